The normalized spacial score (nSPS) is 10.9. The monoisotopic (exact) mass is 225 g/mol. The molecule has 0 spiro atoms. The van der Waals surface area contributed by atoms with E-state index >= 15 is 0 Å². The Bertz CT molecular complexity index is 260. The van der Waals surface area contributed by atoms with E-state index in [2.05, 4.69) is 0 Å². The number of benzene rings is 1. The van der Waals surface area contributed by atoms with Gasteiger partial charge in [0.15, 0.2) is 0 Å². The molecule has 0 saturated carbocycles. The van der Waals surface area contributed by atoms with Crippen molar-refractivity contribution in [3.63, 3.8) is 0 Å². The van der Waals surface area contributed by atoms with E-state index in [0.717, 1.165) is 5.56 Å². The Labute approximate surface area is 96.1 Å². The van der Waals surface area contributed by atoms with Crippen LogP contribution in [-0.2, 0) is 11.3 Å². The van der Waals surface area contributed by atoms with E-state index in [-0.39, 0.29) is 13.2 Å². The summed E-state index contributed by atoms with van der Waals surface area (Å²) in [7, 11) is 0. The molecule has 90 valence electrons. The van der Waals surface area contributed by atoms with E-state index < -0.39 is 0 Å². The summed E-state index contributed by atoms with van der Waals surface area (Å²) in [6, 6.07) is 9.91. The number of hydrogen-bond acceptors (Lipinski definition) is 4. The summed E-state index contributed by atoms with van der Waals surface area (Å²) in [4.78, 5) is 1.86. The summed E-state index contributed by atoms with van der Waals surface area (Å²) in [5, 5.41) is 17.6. The van der Waals surface area contributed by atoms with Gasteiger partial charge in [-0.15, -0.1) is 0 Å². The summed E-state index contributed by atoms with van der Waals surface area (Å²) in [5.74, 6) is 0. The quantitative estimate of drug-likeness (QED) is 0.631. The summed E-state index contributed by atoms with van der Waals surface area (Å²) < 4.78 is 5.49. The molecule has 4 heteroatoms. The van der Waals surface area contributed by atoms with Gasteiger partial charge in [-0.25, -0.2) is 0 Å². The van der Waals surface area contributed by atoms with Gasteiger partial charge < -0.3 is 14.9 Å². The molecular formula is C12H19NO3. The van der Waals surface area contributed by atoms with E-state index in [4.69, 9.17) is 14.9 Å². The van der Waals surface area contributed by atoms with Gasteiger partial charge in [0, 0.05) is 13.1 Å². The lowest BCUT2D eigenvalue weighted by Crippen LogP contribution is -2.32. The molecule has 0 aromatic heterocycles. The fourth-order valence-corrected chi connectivity index (χ4v) is 1.39. The zero-order valence-electron chi connectivity index (χ0n) is 9.38. The van der Waals surface area contributed by atoms with Crippen LogP contribution in [0.3, 0.4) is 0 Å². The van der Waals surface area contributed by atoms with Crippen LogP contribution in [0.25, 0.3) is 0 Å². The second-order valence-corrected chi connectivity index (χ2v) is 3.53. The van der Waals surface area contributed by atoms with Crippen molar-refractivity contribution in [3.8, 4) is 0 Å². The molecule has 1 aromatic carbocycles. The molecule has 4 nitrogen and oxygen atoms in total. The van der Waals surface area contributed by atoms with Crippen LogP contribution in [0.2, 0.25) is 0 Å². The van der Waals surface area contributed by atoms with E-state index in [9.17, 15) is 0 Å². The first-order valence-corrected chi connectivity index (χ1v) is 5.42. The highest BCUT2D eigenvalue weighted by Gasteiger charge is 2.02. The molecular weight excluding hydrogens is 206 g/mol. The molecule has 0 atom stereocenters. The van der Waals surface area contributed by atoms with Crippen molar-refractivity contribution in [2.45, 2.75) is 6.61 Å². The van der Waals surface area contributed by atoms with Gasteiger partial charge in [0.25, 0.3) is 0 Å². The van der Waals surface area contributed by atoms with E-state index in [0.29, 0.717) is 26.4 Å². The van der Waals surface area contributed by atoms with Gasteiger partial charge in [0.2, 0.25) is 0 Å². The van der Waals surface area contributed by atoms with Crippen molar-refractivity contribution in [1.29, 1.82) is 0 Å². The molecule has 0 unspecified atom stereocenters. The van der Waals surface area contributed by atoms with Gasteiger partial charge in [0.05, 0.1) is 26.6 Å². The van der Waals surface area contributed by atoms with Gasteiger partial charge in [-0.05, 0) is 5.56 Å². The summed E-state index contributed by atoms with van der Waals surface area (Å²) >= 11 is 0. The molecule has 2 N–H and O–H groups in total. The van der Waals surface area contributed by atoms with Crippen molar-refractivity contribution in [2.24, 2.45) is 0 Å². The topological polar surface area (TPSA) is 52.9 Å². The Balaban J connectivity index is 2.22. The Morgan fingerprint density at radius 1 is 1.00 bits per heavy atom. The van der Waals surface area contributed by atoms with E-state index in [1.165, 1.54) is 0 Å². The van der Waals surface area contributed by atoms with Crippen molar-refractivity contribution in [3.05, 3.63) is 35.9 Å². The van der Waals surface area contributed by atoms with E-state index in [1.54, 1.807) is 0 Å². The highest BCUT2D eigenvalue weighted by atomic mass is 16.5. The van der Waals surface area contributed by atoms with Gasteiger partial charge in [-0.2, -0.15) is 0 Å². The number of rotatable bonds is 8. The smallest absolute Gasteiger partial charge is 0.0996 e. The molecule has 1 rings (SSSR count). The van der Waals surface area contributed by atoms with Crippen LogP contribution in [0.15, 0.2) is 30.3 Å². The highest BCUT2D eigenvalue weighted by molar-refractivity contribution is 5.13. The first kappa shape index (κ1) is 13.1. The molecule has 0 aliphatic carbocycles. The lowest BCUT2D eigenvalue weighted by atomic mass is 10.2. The number of hydrogen-bond donors (Lipinski definition) is 2. The maximum atomic E-state index is 8.80. The Hall–Kier alpha value is -0.940. The predicted molar refractivity (Wildman–Crippen MR) is 61.8 cm³/mol. The molecule has 0 heterocycles. The van der Waals surface area contributed by atoms with Crippen LogP contribution in [0.1, 0.15) is 5.56 Å². The minimum absolute atomic E-state index is 0.0781. The second-order valence-electron chi connectivity index (χ2n) is 3.53. The van der Waals surface area contributed by atoms with Crippen molar-refractivity contribution in [2.75, 3.05) is 33.0 Å². The second kappa shape index (κ2) is 8.24. The van der Waals surface area contributed by atoms with Gasteiger partial charge in [0.1, 0.15) is 0 Å². The zero-order valence-corrected chi connectivity index (χ0v) is 9.38. The lowest BCUT2D eigenvalue weighted by molar-refractivity contribution is 0.00400. The third-order valence-corrected chi connectivity index (χ3v) is 2.22. The first-order valence-electron chi connectivity index (χ1n) is 5.42. The maximum Gasteiger partial charge on any atom is 0.0996 e. The van der Waals surface area contributed by atoms with Crippen molar-refractivity contribution in [1.82, 2.24) is 4.90 Å². The minimum Gasteiger partial charge on any atom is -0.395 e. The van der Waals surface area contributed by atoms with Crippen LogP contribution >= 0.6 is 0 Å². The average Bonchev–Trinajstić information content (AvgIpc) is 2.31. The number of aliphatic hydroxyl groups is 2. The molecule has 0 bridgehead atoms. The van der Waals surface area contributed by atoms with Crippen LogP contribution in [0.5, 0.6) is 0 Å². The SMILES string of the molecule is OCCN(CCO)COCc1ccccc1. The molecule has 0 fully saturated rings. The van der Waals surface area contributed by atoms with Gasteiger partial charge in [-0.3, -0.25) is 4.90 Å². The molecule has 16 heavy (non-hydrogen) atoms. The molecule has 0 aliphatic heterocycles. The molecule has 1 aromatic rings. The summed E-state index contributed by atoms with van der Waals surface area (Å²) in [6.07, 6.45) is 0. The predicted octanol–water partition coefficient (Wildman–Crippen LogP) is 0.447. The van der Waals surface area contributed by atoms with E-state index in [1.807, 2.05) is 35.2 Å². The van der Waals surface area contributed by atoms with Crippen LogP contribution in [-0.4, -0.2) is 48.1 Å². The fraction of sp³-hybridized carbons (Fsp3) is 0.500. The lowest BCUT2D eigenvalue weighted by Gasteiger charge is -2.19. The third-order valence-electron chi connectivity index (χ3n) is 2.22. The fourth-order valence-electron chi connectivity index (χ4n) is 1.39. The molecule has 0 radical (unpaired) electrons. The Kier molecular flexibility index (Phi) is 6.76. The number of aliphatic hydroxyl groups excluding tert-OH is 2. The maximum absolute atomic E-state index is 8.80. The molecule has 0 aliphatic rings. The first-order chi connectivity index (χ1) is 7.86. The van der Waals surface area contributed by atoms with Gasteiger partial charge >= 0.3 is 0 Å². The minimum atomic E-state index is 0.0781. The number of nitrogens with zero attached hydrogens (tertiary/aromatic N) is 1. The Morgan fingerprint density at radius 2 is 1.62 bits per heavy atom. The Morgan fingerprint density at radius 3 is 2.19 bits per heavy atom. The summed E-state index contributed by atoms with van der Waals surface area (Å²) in [5.41, 5.74) is 1.12. The van der Waals surface area contributed by atoms with Crippen molar-refractivity contribution >= 4 is 0 Å². The molecule has 0 saturated heterocycles. The van der Waals surface area contributed by atoms with Crippen LogP contribution in [0.4, 0.5) is 0 Å². The largest absolute Gasteiger partial charge is 0.395 e. The van der Waals surface area contributed by atoms with Gasteiger partial charge in [-0.1, -0.05) is 30.3 Å². The number of ether oxygens (including phenoxy) is 1. The average molecular weight is 225 g/mol. The summed E-state index contributed by atoms with van der Waals surface area (Å²) in [6.45, 7) is 2.18. The zero-order chi connectivity index (χ0) is 11.6. The van der Waals surface area contributed by atoms with Crippen LogP contribution in [0, 0.1) is 0 Å². The highest BCUT2D eigenvalue weighted by Crippen LogP contribution is 2.01. The third kappa shape index (κ3) is 5.23. The standard InChI is InChI=1S/C12H19NO3/c14-8-6-13(7-9-15)11-16-10-12-4-2-1-3-5-12/h1-5,14-15H,6-11H2. The van der Waals surface area contributed by atoms with Crippen molar-refractivity contribution < 1.29 is 14.9 Å². The van der Waals surface area contributed by atoms with Crippen LogP contribution < -0.4 is 0 Å². The molecule has 0 amide bonds.